The van der Waals surface area contributed by atoms with Crippen LogP contribution in [0, 0.1) is 17.9 Å². The Hall–Kier alpha value is -3.54. The monoisotopic (exact) mass is 799 g/mol. The first-order valence-corrected chi connectivity index (χ1v) is 16.2. The van der Waals surface area contributed by atoms with Crippen LogP contribution in [0.4, 0.5) is 0 Å². The number of aromatic nitrogens is 3. The first kappa shape index (κ1) is 36.9. The zero-order chi connectivity index (χ0) is 33.1. The average molecular weight is 799 g/mol. The largest absolute Gasteiger partial charge is 0.512 e. The van der Waals surface area contributed by atoms with Crippen LogP contribution in [-0.2, 0) is 44.4 Å². The molecule has 1 N–H and O–H groups in total. The predicted molar refractivity (Wildman–Crippen MR) is 188 cm³/mol. The van der Waals surface area contributed by atoms with E-state index in [-0.39, 0.29) is 54.6 Å². The molecule has 2 heterocycles. The van der Waals surface area contributed by atoms with Crippen LogP contribution in [0.25, 0.3) is 43.8 Å². The van der Waals surface area contributed by atoms with Crippen LogP contribution in [0.5, 0.6) is 0 Å². The Morgan fingerprint density at radius 3 is 2.07 bits per heavy atom. The molecule has 5 rings (SSSR count). The van der Waals surface area contributed by atoms with E-state index in [0.717, 1.165) is 64.1 Å². The van der Waals surface area contributed by atoms with Crippen molar-refractivity contribution >= 4 is 38.4 Å². The van der Waals surface area contributed by atoms with E-state index >= 15 is 0 Å². The van der Waals surface area contributed by atoms with Crippen molar-refractivity contribution in [2.24, 2.45) is 25.9 Å². The predicted octanol–water partition coefficient (Wildman–Crippen LogP) is 9.21. The molecule has 3 aromatic carbocycles. The van der Waals surface area contributed by atoms with Gasteiger partial charge in [-0.15, -0.1) is 29.1 Å². The number of carbonyl (C=O) groups excluding carboxylic acids is 1. The van der Waals surface area contributed by atoms with Gasteiger partial charge >= 0.3 is 5.69 Å². The standard InChI is InChI=1S/C26H24N3O.C13H24O2.Ir/c1-26(2,3)21-13-18(12-16-8-6-7-9-19(16)21)24-20-15-23-22(14-17(20)10-11-27-24)28(4)25(30)29(23)5;1-5-10(6-2)12(14)9-13(15)11(7-3)8-4;/h6-11,13-15H,1-5H3;9-11,14H,5-8H2,1-4H3;/q-1;;/b;12-9-;. The quantitative estimate of drug-likeness (QED) is 0.0966. The van der Waals surface area contributed by atoms with E-state index in [1.165, 1.54) is 17.0 Å². The summed E-state index contributed by atoms with van der Waals surface area (Å²) < 4.78 is 3.38. The van der Waals surface area contributed by atoms with Gasteiger partial charge in [0.25, 0.3) is 0 Å². The molecule has 6 nitrogen and oxygen atoms in total. The van der Waals surface area contributed by atoms with E-state index in [2.05, 4.69) is 69.3 Å². The van der Waals surface area contributed by atoms with Gasteiger partial charge in [-0.1, -0.05) is 77.6 Å². The molecule has 0 amide bonds. The van der Waals surface area contributed by atoms with Gasteiger partial charge in [0.15, 0.2) is 5.78 Å². The summed E-state index contributed by atoms with van der Waals surface area (Å²) in [5.74, 6) is 0.547. The molecular weight excluding hydrogens is 751 g/mol. The summed E-state index contributed by atoms with van der Waals surface area (Å²) in [7, 11) is 3.62. The van der Waals surface area contributed by atoms with Crippen molar-refractivity contribution in [1.29, 1.82) is 0 Å². The van der Waals surface area contributed by atoms with Crippen LogP contribution in [0.2, 0.25) is 0 Å². The molecule has 5 aromatic rings. The number of hydrogen-bond donors (Lipinski definition) is 1. The zero-order valence-corrected chi connectivity index (χ0v) is 31.1. The Morgan fingerprint density at radius 1 is 0.891 bits per heavy atom. The van der Waals surface area contributed by atoms with Crippen LogP contribution >= 0.6 is 0 Å². The SMILES string of the molecule is CCC(CC)C(=O)/C=C(\O)C(CC)CC.Cn1c(=O)n(C)c2cc3c(-c4[c-]c5ccccc5c(C(C)(C)C)c4)nccc3cc21.[Ir]. The van der Waals surface area contributed by atoms with Crippen molar-refractivity contribution in [1.82, 2.24) is 14.1 Å². The van der Waals surface area contributed by atoms with Crippen LogP contribution in [-0.4, -0.2) is 25.0 Å². The van der Waals surface area contributed by atoms with Crippen LogP contribution in [0.1, 0.15) is 79.7 Å². The summed E-state index contributed by atoms with van der Waals surface area (Å²) in [6.07, 6.45) is 6.74. The summed E-state index contributed by atoms with van der Waals surface area (Å²) in [4.78, 5) is 28.9. The zero-order valence-electron chi connectivity index (χ0n) is 28.7. The Kier molecular flexibility index (Phi) is 12.3. The van der Waals surface area contributed by atoms with Gasteiger partial charge < -0.3 is 5.11 Å². The fourth-order valence-corrected chi connectivity index (χ4v) is 6.14. The number of imidazole rings is 1. The van der Waals surface area contributed by atoms with Gasteiger partial charge in [0.1, 0.15) is 0 Å². The van der Waals surface area contributed by atoms with Gasteiger partial charge in [-0.05, 0) is 60.1 Å². The van der Waals surface area contributed by atoms with E-state index in [1.807, 2.05) is 54.1 Å². The smallest absolute Gasteiger partial charge is 0.328 e. The van der Waals surface area contributed by atoms with Crippen LogP contribution in [0.3, 0.4) is 0 Å². The normalized spacial score (nSPS) is 12.1. The molecule has 46 heavy (non-hydrogen) atoms. The van der Waals surface area contributed by atoms with Crippen molar-refractivity contribution in [3.8, 4) is 11.3 Å². The summed E-state index contributed by atoms with van der Waals surface area (Å²) in [6, 6.07) is 20.4. The van der Waals surface area contributed by atoms with E-state index in [4.69, 9.17) is 4.98 Å². The Labute approximate surface area is 286 Å². The van der Waals surface area contributed by atoms with E-state index in [1.54, 1.807) is 9.13 Å². The van der Waals surface area contributed by atoms with Crippen molar-refractivity contribution in [3.05, 3.63) is 88.7 Å². The summed E-state index contributed by atoms with van der Waals surface area (Å²) in [5, 5.41) is 14.2. The third-order valence-electron chi connectivity index (χ3n) is 9.08. The van der Waals surface area contributed by atoms with Gasteiger partial charge in [0.05, 0.1) is 16.8 Å². The van der Waals surface area contributed by atoms with Gasteiger partial charge in [-0.3, -0.25) is 18.9 Å². The van der Waals surface area contributed by atoms with Crippen molar-refractivity contribution < 1.29 is 30.0 Å². The molecule has 0 saturated carbocycles. The van der Waals surface area contributed by atoms with Gasteiger partial charge in [-0.2, -0.15) is 0 Å². The molecule has 247 valence electrons. The minimum atomic E-state index is -0.0258. The molecule has 7 heteroatoms. The number of allylic oxidation sites excluding steroid dienone is 2. The third-order valence-corrected chi connectivity index (χ3v) is 9.08. The number of aliphatic hydroxyl groups is 1. The molecule has 0 aliphatic carbocycles. The van der Waals surface area contributed by atoms with Crippen molar-refractivity contribution in [2.45, 2.75) is 79.6 Å². The number of benzene rings is 3. The molecule has 0 aliphatic heterocycles. The first-order chi connectivity index (χ1) is 21.4. The van der Waals surface area contributed by atoms with Crippen LogP contribution in [0.15, 0.2) is 71.4 Å². The number of nitrogens with zero attached hydrogens (tertiary/aromatic N) is 3. The second-order valence-corrected chi connectivity index (χ2v) is 13.0. The van der Waals surface area contributed by atoms with Crippen molar-refractivity contribution in [3.63, 3.8) is 0 Å². The Morgan fingerprint density at radius 2 is 1.48 bits per heavy atom. The molecule has 0 saturated heterocycles. The second-order valence-electron chi connectivity index (χ2n) is 13.0. The molecule has 1 radical (unpaired) electrons. The van der Waals surface area contributed by atoms with E-state index < -0.39 is 0 Å². The maximum Gasteiger partial charge on any atom is 0.328 e. The number of rotatable bonds is 8. The van der Waals surface area contributed by atoms with Crippen molar-refractivity contribution in [2.75, 3.05) is 0 Å². The average Bonchev–Trinajstić information content (AvgIpc) is 3.23. The number of hydrogen-bond acceptors (Lipinski definition) is 4. The maximum atomic E-state index is 12.4. The Balaban J connectivity index is 0.000000309. The topological polar surface area (TPSA) is 77.1 Å². The minimum Gasteiger partial charge on any atom is -0.512 e. The Bertz CT molecular complexity index is 1920. The molecule has 2 aromatic heterocycles. The van der Waals surface area contributed by atoms with E-state index in [9.17, 15) is 14.7 Å². The summed E-state index contributed by atoms with van der Waals surface area (Å²) >= 11 is 0. The molecular formula is C39H48IrN3O3-. The molecule has 0 aliphatic rings. The molecule has 0 fully saturated rings. The number of fused-ring (bicyclic) bond motifs is 3. The minimum absolute atomic E-state index is 0. The van der Waals surface area contributed by atoms with Gasteiger partial charge in [-0.25, -0.2) is 4.79 Å². The first-order valence-electron chi connectivity index (χ1n) is 16.2. The number of pyridine rings is 1. The third kappa shape index (κ3) is 7.53. The fourth-order valence-electron chi connectivity index (χ4n) is 6.14. The maximum absolute atomic E-state index is 12.4. The summed E-state index contributed by atoms with van der Waals surface area (Å²) in [6.45, 7) is 14.8. The number of aryl methyl sites for hydroxylation is 2. The number of carbonyl (C=O) groups is 1. The molecule has 0 unspecified atom stereocenters. The fraction of sp³-hybridized carbons (Fsp3) is 0.410. The summed E-state index contributed by atoms with van der Waals surface area (Å²) in [5.41, 5.74) is 4.93. The van der Waals surface area contributed by atoms with Crippen LogP contribution < -0.4 is 5.69 Å². The van der Waals surface area contributed by atoms with E-state index in [0.29, 0.717) is 0 Å². The number of aliphatic hydroxyl groups excluding tert-OH is 1. The second kappa shape index (κ2) is 15.4. The number of ketones is 1. The molecule has 0 atom stereocenters. The molecule has 0 spiro atoms. The molecule has 0 bridgehead atoms. The van der Waals surface area contributed by atoms with Gasteiger partial charge in [0, 0.05) is 64.0 Å². The van der Waals surface area contributed by atoms with Gasteiger partial charge in [0.2, 0.25) is 0 Å².